The normalized spacial score (nSPS) is 18.6. The first kappa shape index (κ1) is 17.4. The van der Waals surface area contributed by atoms with Gasteiger partial charge in [0.2, 0.25) is 0 Å². The molecule has 4 nitrogen and oxygen atoms in total. The zero-order valence-electron chi connectivity index (χ0n) is 14.2. The monoisotopic (exact) mass is 306 g/mol. The van der Waals surface area contributed by atoms with Crippen LogP contribution in [0.5, 0.6) is 0 Å². The molecule has 1 unspecified atom stereocenters. The summed E-state index contributed by atoms with van der Waals surface area (Å²) < 4.78 is 5.36. The lowest BCUT2D eigenvalue weighted by atomic mass is 10.0. The van der Waals surface area contributed by atoms with E-state index in [9.17, 15) is 5.11 Å². The molecule has 0 bridgehead atoms. The van der Waals surface area contributed by atoms with E-state index in [-0.39, 0.29) is 11.6 Å². The van der Waals surface area contributed by atoms with Crippen molar-refractivity contribution < 1.29 is 9.84 Å². The number of aliphatic hydroxyl groups excluding tert-OH is 1. The van der Waals surface area contributed by atoms with Gasteiger partial charge in [0.05, 0.1) is 19.3 Å². The zero-order valence-corrected chi connectivity index (χ0v) is 14.2. The lowest BCUT2D eigenvalue weighted by molar-refractivity contribution is -0.00458. The second-order valence-corrected chi connectivity index (χ2v) is 7.10. The fraction of sp³-hybridized carbons (Fsp3) is 0.667. The van der Waals surface area contributed by atoms with Crippen molar-refractivity contribution in [2.75, 3.05) is 39.4 Å². The number of benzene rings is 1. The number of rotatable bonds is 6. The van der Waals surface area contributed by atoms with E-state index >= 15 is 0 Å². The summed E-state index contributed by atoms with van der Waals surface area (Å²) in [5.41, 5.74) is 1.32. The van der Waals surface area contributed by atoms with E-state index in [1.54, 1.807) is 0 Å². The Kier molecular flexibility index (Phi) is 6.38. The molecule has 1 heterocycles. The molecule has 1 atom stereocenters. The highest BCUT2D eigenvalue weighted by Gasteiger charge is 2.25. The van der Waals surface area contributed by atoms with Crippen molar-refractivity contribution in [1.82, 2.24) is 9.80 Å². The number of ether oxygens (including phenoxy) is 1. The third-order valence-electron chi connectivity index (χ3n) is 4.17. The second kappa shape index (κ2) is 8.06. The van der Waals surface area contributed by atoms with Gasteiger partial charge in [-0.05, 0) is 26.3 Å². The van der Waals surface area contributed by atoms with Crippen LogP contribution in [0, 0.1) is 0 Å². The minimum atomic E-state index is -0.332. The van der Waals surface area contributed by atoms with Gasteiger partial charge in [0.15, 0.2) is 0 Å². The lowest BCUT2D eigenvalue weighted by Gasteiger charge is -2.38. The molecule has 1 N–H and O–H groups in total. The molecule has 0 aromatic heterocycles. The van der Waals surface area contributed by atoms with Gasteiger partial charge >= 0.3 is 0 Å². The summed E-state index contributed by atoms with van der Waals surface area (Å²) >= 11 is 0. The third-order valence-corrected chi connectivity index (χ3v) is 4.17. The Labute approximate surface area is 134 Å². The Morgan fingerprint density at radius 3 is 2.41 bits per heavy atom. The fourth-order valence-corrected chi connectivity index (χ4v) is 2.77. The molecule has 0 amide bonds. The molecule has 22 heavy (non-hydrogen) atoms. The Morgan fingerprint density at radius 1 is 1.18 bits per heavy atom. The fourth-order valence-electron chi connectivity index (χ4n) is 2.77. The molecule has 0 radical (unpaired) electrons. The first-order valence-electron chi connectivity index (χ1n) is 8.22. The molecule has 0 saturated carbocycles. The van der Waals surface area contributed by atoms with Crippen molar-refractivity contribution in [3.8, 4) is 0 Å². The first-order chi connectivity index (χ1) is 10.4. The van der Waals surface area contributed by atoms with Crippen LogP contribution < -0.4 is 0 Å². The van der Waals surface area contributed by atoms with Crippen LogP contribution in [-0.4, -0.2) is 65.9 Å². The number of β-amino-alcohol motifs (C(OH)–C–C–N with tert-alkyl or cyclic N) is 1. The van der Waals surface area contributed by atoms with E-state index in [0.29, 0.717) is 6.54 Å². The van der Waals surface area contributed by atoms with Crippen molar-refractivity contribution in [3.63, 3.8) is 0 Å². The number of morpholine rings is 1. The predicted octanol–water partition coefficient (Wildman–Crippen LogP) is 1.98. The van der Waals surface area contributed by atoms with E-state index < -0.39 is 0 Å². The Bertz CT molecular complexity index is 424. The van der Waals surface area contributed by atoms with E-state index in [0.717, 1.165) is 39.4 Å². The number of hydrogen-bond donors (Lipinski definition) is 1. The quantitative estimate of drug-likeness (QED) is 0.872. The summed E-state index contributed by atoms with van der Waals surface area (Å²) in [6.45, 7) is 12.3. The summed E-state index contributed by atoms with van der Waals surface area (Å²) in [4.78, 5) is 4.64. The molecule has 1 aliphatic heterocycles. The third kappa shape index (κ3) is 5.69. The van der Waals surface area contributed by atoms with Crippen molar-refractivity contribution in [2.45, 2.75) is 39.0 Å². The van der Waals surface area contributed by atoms with Gasteiger partial charge in [-0.25, -0.2) is 0 Å². The molecule has 1 aromatic carbocycles. The number of nitrogens with zero attached hydrogens (tertiary/aromatic N) is 2. The molecule has 1 saturated heterocycles. The summed E-state index contributed by atoms with van der Waals surface area (Å²) in [6.07, 6.45) is -0.332. The summed E-state index contributed by atoms with van der Waals surface area (Å²) in [5.74, 6) is 0. The van der Waals surface area contributed by atoms with Gasteiger partial charge in [-0.2, -0.15) is 0 Å². The van der Waals surface area contributed by atoms with Gasteiger partial charge in [0, 0.05) is 38.3 Å². The van der Waals surface area contributed by atoms with Gasteiger partial charge in [-0.1, -0.05) is 30.3 Å². The maximum absolute atomic E-state index is 10.5. The molecule has 0 spiro atoms. The standard InChI is InChI=1S/C18H30N2O2/c1-18(2,3)20(13-16-7-5-4-6-8-16)15-17(21)14-19-9-11-22-12-10-19/h4-8,17,21H,9-15H2,1-3H3. The van der Waals surface area contributed by atoms with Gasteiger partial charge in [0.25, 0.3) is 0 Å². The molecule has 1 aliphatic rings. The largest absolute Gasteiger partial charge is 0.390 e. The van der Waals surface area contributed by atoms with Gasteiger partial charge < -0.3 is 9.84 Å². The molecular formula is C18H30N2O2. The minimum Gasteiger partial charge on any atom is -0.390 e. The van der Waals surface area contributed by atoms with Crippen LogP contribution in [0.15, 0.2) is 30.3 Å². The van der Waals surface area contributed by atoms with Crippen LogP contribution in [0.1, 0.15) is 26.3 Å². The summed E-state index contributed by atoms with van der Waals surface area (Å²) in [6, 6.07) is 10.5. The average molecular weight is 306 g/mol. The molecule has 1 fully saturated rings. The topological polar surface area (TPSA) is 35.9 Å². The van der Waals surface area contributed by atoms with Crippen molar-refractivity contribution >= 4 is 0 Å². The molecular weight excluding hydrogens is 276 g/mol. The summed E-state index contributed by atoms with van der Waals surface area (Å²) in [7, 11) is 0. The van der Waals surface area contributed by atoms with E-state index in [1.807, 2.05) is 6.07 Å². The number of hydrogen-bond acceptors (Lipinski definition) is 4. The maximum atomic E-state index is 10.5. The smallest absolute Gasteiger partial charge is 0.0794 e. The number of aliphatic hydroxyl groups is 1. The van der Waals surface area contributed by atoms with E-state index in [2.05, 4.69) is 54.8 Å². The average Bonchev–Trinajstić information content (AvgIpc) is 2.48. The Balaban J connectivity index is 1.91. The highest BCUT2D eigenvalue weighted by atomic mass is 16.5. The minimum absolute atomic E-state index is 0.0296. The van der Waals surface area contributed by atoms with Crippen LogP contribution in [0.3, 0.4) is 0 Å². The molecule has 124 valence electrons. The Morgan fingerprint density at radius 2 is 1.82 bits per heavy atom. The molecule has 0 aliphatic carbocycles. The van der Waals surface area contributed by atoms with Gasteiger partial charge in [-0.3, -0.25) is 9.80 Å². The van der Waals surface area contributed by atoms with E-state index in [1.165, 1.54) is 5.56 Å². The summed E-state index contributed by atoms with van der Waals surface area (Å²) in [5, 5.41) is 10.5. The van der Waals surface area contributed by atoms with Crippen LogP contribution in [0.25, 0.3) is 0 Å². The van der Waals surface area contributed by atoms with Crippen molar-refractivity contribution in [1.29, 1.82) is 0 Å². The van der Waals surface area contributed by atoms with Crippen LogP contribution >= 0.6 is 0 Å². The highest BCUT2D eigenvalue weighted by Crippen LogP contribution is 2.18. The van der Waals surface area contributed by atoms with Gasteiger partial charge in [-0.15, -0.1) is 0 Å². The zero-order chi connectivity index (χ0) is 16.0. The van der Waals surface area contributed by atoms with Gasteiger partial charge in [0.1, 0.15) is 0 Å². The van der Waals surface area contributed by atoms with Crippen LogP contribution in [0.4, 0.5) is 0 Å². The van der Waals surface area contributed by atoms with E-state index in [4.69, 9.17) is 4.74 Å². The first-order valence-corrected chi connectivity index (χ1v) is 8.22. The molecule has 4 heteroatoms. The lowest BCUT2D eigenvalue weighted by Crippen LogP contribution is -2.49. The second-order valence-electron chi connectivity index (χ2n) is 7.10. The Hall–Kier alpha value is -0.940. The maximum Gasteiger partial charge on any atom is 0.0794 e. The SMILES string of the molecule is CC(C)(C)N(Cc1ccccc1)CC(O)CN1CCOCC1. The highest BCUT2D eigenvalue weighted by molar-refractivity contribution is 5.14. The molecule has 1 aromatic rings. The molecule has 2 rings (SSSR count). The van der Waals surface area contributed by atoms with Crippen molar-refractivity contribution in [3.05, 3.63) is 35.9 Å². The van der Waals surface area contributed by atoms with Crippen molar-refractivity contribution in [2.24, 2.45) is 0 Å². The van der Waals surface area contributed by atoms with Crippen LogP contribution in [-0.2, 0) is 11.3 Å². The predicted molar refractivity (Wildman–Crippen MR) is 89.9 cm³/mol. The van der Waals surface area contributed by atoms with Crippen LogP contribution in [0.2, 0.25) is 0 Å².